The molecule has 2 heteroatoms. The fourth-order valence-electron chi connectivity index (χ4n) is 8.29. The van der Waals surface area contributed by atoms with Gasteiger partial charge in [-0.1, -0.05) is 190 Å². The van der Waals surface area contributed by atoms with Gasteiger partial charge in [-0.05, 0) is 129 Å². The van der Waals surface area contributed by atoms with Crippen molar-refractivity contribution in [3.05, 3.63) is 129 Å². The van der Waals surface area contributed by atoms with Gasteiger partial charge in [0.2, 0.25) is 0 Å². The molecule has 5 aromatic rings. The summed E-state index contributed by atoms with van der Waals surface area (Å²) in [6.07, 6.45) is 19.0. The smallest absolute Gasteiger partial charge is 0.126 e. The van der Waals surface area contributed by atoms with Gasteiger partial charge >= 0.3 is 0 Å². The predicted octanol–water partition coefficient (Wildman–Crippen LogP) is 16.6. The zero-order valence-electron chi connectivity index (χ0n) is 37.3. The molecule has 0 amide bonds. The molecule has 0 saturated heterocycles. The van der Waals surface area contributed by atoms with Crippen LogP contribution in [0.25, 0.3) is 45.8 Å². The quantitative estimate of drug-likeness (QED) is 0.0272. The summed E-state index contributed by atoms with van der Waals surface area (Å²) >= 11 is 0. The van der Waals surface area contributed by atoms with Crippen molar-refractivity contribution in [2.75, 3.05) is 0 Å². The van der Waals surface area contributed by atoms with Gasteiger partial charge < -0.3 is 0 Å². The molecule has 0 aliphatic heterocycles. The van der Waals surface area contributed by atoms with Crippen LogP contribution in [0, 0.1) is 22.9 Å². The van der Waals surface area contributed by atoms with E-state index >= 15 is 0 Å². The summed E-state index contributed by atoms with van der Waals surface area (Å²) in [4.78, 5) is 0. The van der Waals surface area contributed by atoms with Crippen LogP contribution >= 0.6 is 0 Å². The van der Waals surface area contributed by atoms with Crippen LogP contribution in [0.4, 0.5) is 0 Å². The Balaban J connectivity index is 1.68. The summed E-state index contributed by atoms with van der Waals surface area (Å²) in [7, 11) is -3.43. The van der Waals surface area contributed by atoms with E-state index in [9.17, 15) is 0 Å². The summed E-state index contributed by atoms with van der Waals surface area (Å²) in [5, 5.41) is 4.90. The maximum atomic E-state index is 4.00. The predicted molar refractivity (Wildman–Crippen MR) is 267 cm³/mol. The Bertz CT molecular complexity index is 2090. The lowest BCUT2D eigenvalue weighted by Crippen LogP contribution is -2.29. The second-order valence-corrected chi connectivity index (χ2v) is 26.5. The monoisotopic (exact) mass is 799 g/mol. The number of unbranched alkanes of at least 4 members (excludes halogenated alkanes) is 4. The van der Waals surface area contributed by atoms with Gasteiger partial charge in [0.05, 0.1) is 0 Å². The summed E-state index contributed by atoms with van der Waals surface area (Å²) < 4.78 is 0. The molecule has 0 bridgehead atoms. The Morgan fingerprint density at radius 1 is 0.379 bits per heavy atom. The molecular formula is C56H70Si2. The molecule has 0 N–H and O–H groups in total. The summed E-state index contributed by atoms with van der Waals surface area (Å²) in [6.45, 7) is 18.7. The minimum absolute atomic E-state index is 1.16. The van der Waals surface area contributed by atoms with E-state index in [4.69, 9.17) is 0 Å². The largest absolute Gasteiger partial charge is 0.138 e. The normalized spacial score (nSPS) is 12.0. The number of hydrogen-bond donors (Lipinski definition) is 0. The zero-order valence-corrected chi connectivity index (χ0v) is 39.3. The van der Waals surface area contributed by atoms with E-state index in [1.54, 1.807) is 0 Å². The molecule has 0 atom stereocenters. The van der Waals surface area contributed by atoms with Crippen LogP contribution in [0.5, 0.6) is 0 Å². The lowest BCUT2D eigenvalue weighted by Gasteiger charge is -2.21. The standard InChI is InChI=1S/C56H70Si2/c1-9-17-19-21-45-23-27-47(28-24-45)31-33-49-35-37-51-54(40-42-58(14-6,15-7)16-8)56-44-50(34-32-48-29-25-46(26-30-48)22-20-18-10-2)36-38-52(56)53(55(51)43-49)39-41-57(11-3,12-4)13-5/h23-38,43-44H,9-22H2,1-8H3. The molecule has 58 heavy (non-hydrogen) atoms. The first-order valence-corrected chi connectivity index (χ1v) is 28.2. The Kier molecular flexibility index (Phi) is 17.1. The number of benzene rings is 5. The summed E-state index contributed by atoms with van der Waals surface area (Å²) in [5.41, 5.74) is 18.0. The van der Waals surface area contributed by atoms with Crippen LogP contribution in [0.2, 0.25) is 36.3 Å². The second-order valence-electron chi connectivity index (χ2n) is 16.6. The molecule has 0 aromatic heterocycles. The second kappa shape index (κ2) is 22.1. The molecule has 0 radical (unpaired) electrons. The Morgan fingerprint density at radius 3 is 1.03 bits per heavy atom. The highest BCUT2D eigenvalue weighted by molar-refractivity contribution is 6.87. The van der Waals surface area contributed by atoms with Crippen LogP contribution in [-0.4, -0.2) is 16.1 Å². The Morgan fingerprint density at radius 2 is 0.707 bits per heavy atom. The van der Waals surface area contributed by atoms with Crippen molar-refractivity contribution in [1.29, 1.82) is 0 Å². The maximum Gasteiger partial charge on any atom is 0.138 e. The lowest BCUT2D eigenvalue weighted by atomic mass is 9.90. The molecule has 0 unspecified atom stereocenters. The average Bonchev–Trinajstić information content (AvgIpc) is 3.27. The van der Waals surface area contributed by atoms with Gasteiger partial charge in [-0.25, -0.2) is 0 Å². The SMILES string of the molecule is CCCCCc1ccc(C=Cc2ccc3c(C#C[Si](CC)(CC)CC)c4cc(C=Cc5ccc(CCCCC)cc5)ccc4c(C#C[Si](CC)(CC)CC)c3c2)cc1. The average molecular weight is 799 g/mol. The summed E-state index contributed by atoms with van der Waals surface area (Å²) in [6, 6.07) is 39.4. The number of aryl methyl sites for hydroxylation is 2. The van der Waals surface area contributed by atoms with Crippen molar-refractivity contribution in [2.45, 2.75) is 143 Å². The van der Waals surface area contributed by atoms with Gasteiger partial charge in [0.1, 0.15) is 16.1 Å². The van der Waals surface area contributed by atoms with Crippen molar-refractivity contribution in [3.63, 3.8) is 0 Å². The Labute approximate surface area is 355 Å². The Hall–Kier alpha value is -4.35. The van der Waals surface area contributed by atoms with Crippen molar-refractivity contribution < 1.29 is 0 Å². The third kappa shape index (κ3) is 11.4. The first-order valence-electron chi connectivity index (χ1n) is 22.9. The van der Waals surface area contributed by atoms with Gasteiger partial charge in [-0.3, -0.25) is 0 Å². The summed E-state index contributed by atoms with van der Waals surface area (Å²) in [5.74, 6) is 7.83. The van der Waals surface area contributed by atoms with Crippen LogP contribution in [0.15, 0.2) is 84.9 Å². The van der Waals surface area contributed by atoms with Crippen molar-refractivity contribution in [3.8, 4) is 22.9 Å². The maximum absolute atomic E-state index is 4.00. The molecule has 0 aliphatic rings. The van der Waals surface area contributed by atoms with Crippen molar-refractivity contribution in [2.24, 2.45) is 0 Å². The van der Waals surface area contributed by atoms with E-state index in [2.05, 4.69) is 188 Å². The van der Waals surface area contributed by atoms with Gasteiger partial charge in [0.15, 0.2) is 0 Å². The molecule has 302 valence electrons. The highest BCUT2D eigenvalue weighted by atomic mass is 28.3. The number of fused-ring (bicyclic) bond motifs is 2. The third-order valence-electron chi connectivity index (χ3n) is 13.2. The molecule has 0 heterocycles. The van der Waals surface area contributed by atoms with Gasteiger partial charge in [-0.2, -0.15) is 0 Å². The number of rotatable bonds is 18. The molecular weight excluding hydrogens is 729 g/mol. The van der Waals surface area contributed by atoms with E-state index in [-0.39, 0.29) is 0 Å². The zero-order chi connectivity index (χ0) is 41.4. The van der Waals surface area contributed by atoms with E-state index in [0.29, 0.717) is 0 Å². The van der Waals surface area contributed by atoms with Gasteiger partial charge in [0, 0.05) is 11.1 Å². The van der Waals surface area contributed by atoms with Crippen LogP contribution in [0.1, 0.15) is 138 Å². The van der Waals surface area contributed by atoms with Crippen molar-refractivity contribution >= 4 is 62.0 Å². The first-order chi connectivity index (χ1) is 28.3. The van der Waals surface area contributed by atoms with Crippen molar-refractivity contribution in [1.82, 2.24) is 0 Å². The highest BCUT2D eigenvalue weighted by Gasteiger charge is 2.26. The van der Waals surface area contributed by atoms with Crippen LogP contribution in [0.3, 0.4) is 0 Å². The minimum Gasteiger partial charge on any atom is -0.126 e. The fourth-order valence-corrected chi connectivity index (χ4v) is 13.1. The van der Waals surface area contributed by atoms with Crippen LogP contribution < -0.4 is 0 Å². The van der Waals surface area contributed by atoms with Gasteiger partial charge in [-0.15, -0.1) is 11.1 Å². The topological polar surface area (TPSA) is 0 Å². The van der Waals surface area contributed by atoms with E-state index in [1.165, 1.54) is 130 Å². The molecule has 0 fully saturated rings. The van der Waals surface area contributed by atoms with Crippen LogP contribution in [-0.2, 0) is 12.8 Å². The molecule has 0 spiro atoms. The lowest BCUT2D eigenvalue weighted by molar-refractivity contribution is 0.717. The molecule has 0 nitrogen and oxygen atoms in total. The molecule has 0 saturated carbocycles. The molecule has 0 aliphatic carbocycles. The highest BCUT2D eigenvalue weighted by Crippen LogP contribution is 2.35. The number of hydrogen-bond acceptors (Lipinski definition) is 0. The molecule has 5 rings (SSSR count). The molecule has 5 aromatic carbocycles. The van der Waals surface area contributed by atoms with E-state index in [1.807, 2.05) is 0 Å². The van der Waals surface area contributed by atoms with Gasteiger partial charge in [0.25, 0.3) is 0 Å². The third-order valence-corrected chi connectivity index (χ3v) is 22.6. The minimum atomic E-state index is -1.72. The van der Waals surface area contributed by atoms with E-state index in [0.717, 1.165) is 24.0 Å². The first kappa shape index (κ1) is 44.8. The fraction of sp³-hybridized carbons (Fsp3) is 0.393. The van der Waals surface area contributed by atoms with E-state index < -0.39 is 16.1 Å².